The molecule has 0 spiro atoms. The predicted octanol–water partition coefficient (Wildman–Crippen LogP) is 4.15. The summed E-state index contributed by atoms with van der Waals surface area (Å²) >= 11 is 4.64. The van der Waals surface area contributed by atoms with Crippen molar-refractivity contribution in [3.8, 4) is 5.75 Å². The van der Waals surface area contributed by atoms with Gasteiger partial charge in [-0.2, -0.15) is 0 Å². The topological polar surface area (TPSA) is 67.4 Å². The van der Waals surface area contributed by atoms with E-state index in [-0.39, 0.29) is 11.8 Å². The zero-order valence-electron chi connectivity index (χ0n) is 19.1. The molecule has 0 heterocycles. The summed E-state index contributed by atoms with van der Waals surface area (Å²) in [6.07, 6.45) is 1.66. The molecule has 0 fully saturated rings. The van der Waals surface area contributed by atoms with E-state index in [1.54, 1.807) is 14.2 Å². The average molecular weight is 443 g/mol. The Kier molecular flexibility index (Phi) is 8.99. The van der Waals surface area contributed by atoms with Crippen LogP contribution in [0.2, 0.25) is 0 Å². The van der Waals surface area contributed by atoms with Gasteiger partial charge in [0.2, 0.25) is 11.8 Å². The van der Waals surface area contributed by atoms with E-state index in [1.165, 1.54) is 0 Å². The number of hydrogen-bond acceptors (Lipinski definition) is 4. The van der Waals surface area contributed by atoms with Gasteiger partial charge in [-0.3, -0.25) is 9.59 Å². The lowest BCUT2D eigenvalue weighted by Gasteiger charge is -2.36. The molecule has 6 heteroatoms. The quantitative estimate of drug-likeness (QED) is 0.484. The summed E-state index contributed by atoms with van der Waals surface area (Å²) in [6.45, 7) is 6.22. The Morgan fingerprint density at radius 3 is 2.26 bits per heavy atom. The van der Waals surface area contributed by atoms with Crippen molar-refractivity contribution in [2.24, 2.45) is 5.92 Å². The van der Waals surface area contributed by atoms with E-state index in [4.69, 9.17) is 4.74 Å². The SMILES string of the molecule is CCC(CC(C)C)(C(=O)N[C@@H](Cc1ccc(OC)cc1)C(=O)NC)c1ccccc1S. The molecule has 0 aliphatic rings. The van der Waals surface area contributed by atoms with E-state index in [1.807, 2.05) is 55.5 Å². The van der Waals surface area contributed by atoms with Gasteiger partial charge in [0.25, 0.3) is 0 Å². The van der Waals surface area contributed by atoms with Crippen molar-refractivity contribution in [2.45, 2.75) is 56.4 Å². The number of thiol groups is 1. The maximum absolute atomic E-state index is 13.8. The predicted molar refractivity (Wildman–Crippen MR) is 128 cm³/mol. The first kappa shape index (κ1) is 24.8. The molecule has 0 aromatic heterocycles. The first-order valence-corrected chi connectivity index (χ1v) is 11.2. The monoisotopic (exact) mass is 442 g/mol. The van der Waals surface area contributed by atoms with Crippen LogP contribution in [0.4, 0.5) is 0 Å². The van der Waals surface area contributed by atoms with Crippen LogP contribution in [-0.4, -0.2) is 32.0 Å². The highest BCUT2D eigenvalue weighted by atomic mass is 32.1. The van der Waals surface area contributed by atoms with Crippen molar-refractivity contribution in [2.75, 3.05) is 14.2 Å². The minimum atomic E-state index is -0.765. The van der Waals surface area contributed by atoms with Crippen LogP contribution in [0.15, 0.2) is 53.4 Å². The van der Waals surface area contributed by atoms with Crippen molar-refractivity contribution in [1.82, 2.24) is 10.6 Å². The number of carbonyl (C=O) groups excluding carboxylic acids is 2. The lowest BCUT2D eigenvalue weighted by Crippen LogP contribution is -2.54. The molecule has 31 heavy (non-hydrogen) atoms. The van der Waals surface area contributed by atoms with Gasteiger partial charge in [-0.05, 0) is 48.1 Å². The minimum absolute atomic E-state index is 0.146. The minimum Gasteiger partial charge on any atom is -0.497 e. The van der Waals surface area contributed by atoms with Crippen LogP contribution in [-0.2, 0) is 21.4 Å². The largest absolute Gasteiger partial charge is 0.497 e. The lowest BCUT2D eigenvalue weighted by atomic mass is 9.71. The van der Waals surface area contributed by atoms with E-state index in [2.05, 4.69) is 37.1 Å². The first-order chi connectivity index (χ1) is 14.8. The van der Waals surface area contributed by atoms with E-state index >= 15 is 0 Å². The van der Waals surface area contributed by atoms with Gasteiger partial charge in [-0.1, -0.05) is 51.1 Å². The Hall–Kier alpha value is -2.47. The normalized spacial score (nSPS) is 13.9. The van der Waals surface area contributed by atoms with Crippen molar-refractivity contribution in [3.63, 3.8) is 0 Å². The number of likely N-dealkylation sites (N-methyl/N-ethyl adjacent to an activating group) is 1. The van der Waals surface area contributed by atoms with Crippen LogP contribution < -0.4 is 15.4 Å². The number of hydrogen-bond donors (Lipinski definition) is 3. The molecular weight excluding hydrogens is 408 g/mol. The van der Waals surface area contributed by atoms with Gasteiger partial charge in [0.05, 0.1) is 12.5 Å². The number of rotatable bonds is 10. The van der Waals surface area contributed by atoms with Gasteiger partial charge in [-0.15, -0.1) is 12.6 Å². The van der Waals surface area contributed by atoms with Gasteiger partial charge in [0.15, 0.2) is 0 Å². The van der Waals surface area contributed by atoms with Crippen molar-refractivity contribution in [3.05, 3.63) is 59.7 Å². The molecular formula is C25H34N2O3S. The standard InChI is InChI=1S/C25H34N2O3S/c1-6-25(16-17(2)3,20-9-7-8-10-22(20)31)24(29)27-21(23(28)26-4)15-18-11-13-19(30-5)14-12-18/h7-14,17,21,31H,6,15-16H2,1-5H3,(H,26,28)(H,27,29)/t21-,25?/m0/s1. The fraction of sp³-hybridized carbons (Fsp3) is 0.440. The van der Waals surface area contributed by atoms with Gasteiger partial charge in [-0.25, -0.2) is 0 Å². The highest BCUT2D eigenvalue weighted by Gasteiger charge is 2.41. The summed E-state index contributed by atoms with van der Waals surface area (Å²) in [4.78, 5) is 27.2. The van der Waals surface area contributed by atoms with Crippen LogP contribution in [0.25, 0.3) is 0 Å². The second kappa shape index (κ2) is 11.2. The third-order valence-electron chi connectivity index (χ3n) is 5.68. The fourth-order valence-corrected chi connectivity index (χ4v) is 4.45. The summed E-state index contributed by atoms with van der Waals surface area (Å²) in [5.41, 5.74) is 1.07. The van der Waals surface area contributed by atoms with Crippen LogP contribution in [0, 0.1) is 5.92 Å². The maximum Gasteiger partial charge on any atom is 0.242 e. The summed E-state index contributed by atoms with van der Waals surface area (Å²) in [7, 11) is 3.20. The van der Waals surface area contributed by atoms with Crippen molar-refractivity contribution >= 4 is 24.4 Å². The van der Waals surface area contributed by atoms with Crippen LogP contribution in [0.3, 0.4) is 0 Å². The maximum atomic E-state index is 13.8. The molecule has 2 amide bonds. The van der Waals surface area contributed by atoms with Gasteiger partial charge in [0.1, 0.15) is 11.8 Å². The average Bonchev–Trinajstić information content (AvgIpc) is 2.77. The van der Waals surface area contributed by atoms with E-state index in [0.717, 1.165) is 21.8 Å². The van der Waals surface area contributed by atoms with E-state index < -0.39 is 11.5 Å². The van der Waals surface area contributed by atoms with Crippen LogP contribution in [0.5, 0.6) is 5.75 Å². The molecule has 168 valence electrons. The summed E-state index contributed by atoms with van der Waals surface area (Å²) in [5, 5.41) is 5.73. The molecule has 0 bridgehead atoms. The van der Waals surface area contributed by atoms with Gasteiger partial charge >= 0.3 is 0 Å². The van der Waals surface area contributed by atoms with E-state index in [9.17, 15) is 9.59 Å². The third kappa shape index (κ3) is 6.03. The molecule has 0 radical (unpaired) electrons. The number of methoxy groups -OCH3 is 1. The number of ether oxygens (including phenoxy) is 1. The number of nitrogens with one attached hydrogen (secondary N) is 2. The smallest absolute Gasteiger partial charge is 0.242 e. The van der Waals surface area contributed by atoms with E-state index in [0.29, 0.717) is 25.2 Å². The Labute approximate surface area is 191 Å². The van der Waals surface area contributed by atoms with Crippen LogP contribution in [0.1, 0.15) is 44.7 Å². The lowest BCUT2D eigenvalue weighted by molar-refractivity contribution is -0.132. The van der Waals surface area contributed by atoms with Gasteiger partial charge in [0, 0.05) is 18.4 Å². The third-order valence-corrected chi connectivity index (χ3v) is 6.07. The Balaban J connectivity index is 2.38. The molecule has 5 nitrogen and oxygen atoms in total. The summed E-state index contributed by atoms with van der Waals surface area (Å²) < 4.78 is 5.21. The fourth-order valence-electron chi connectivity index (χ4n) is 4.07. The number of carbonyl (C=O) groups is 2. The Bertz CT molecular complexity index is 883. The zero-order valence-corrected chi connectivity index (χ0v) is 20.0. The van der Waals surface area contributed by atoms with Crippen molar-refractivity contribution < 1.29 is 14.3 Å². The zero-order chi connectivity index (χ0) is 23.0. The highest BCUT2D eigenvalue weighted by Crippen LogP contribution is 2.38. The molecule has 2 aromatic rings. The Morgan fingerprint density at radius 1 is 1.10 bits per heavy atom. The molecule has 2 atom stereocenters. The molecule has 2 aromatic carbocycles. The molecule has 1 unspecified atom stereocenters. The Morgan fingerprint density at radius 2 is 1.74 bits per heavy atom. The van der Waals surface area contributed by atoms with Gasteiger partial charge < -0.3 is 15.4 Å². The first-order valence-electron chi connectivity index (χ1n) is 10.7. The summed E-state index contributed by atoms with van der Waals surface area (Å²) in [6, 6.07) is 14.6. The number of amides is 2. The van der Waals surface area contributed by atoms with Crippen molar-refractivity contribution in [1.29, 1.82) is 0 Å². The molecule has 0 saturated carbocycles. The molecule has 0 aliphatic heterocycles. The second-order valence-electron chi connectivity index (χ2n) is 8.24. The highest BCUT2D eigenvalue weighted by molar-refractivity contribution is 7.80. The second-order valence-corrected chi connectivity index (χ2v) is 8.73. The summed E-state index contributed by atoms with van der Waals surface area (Å²) in [5.74, 6) is 0.667. The molecule has 0 aliphatic carbocycles. The molecule has 0 saturated heterocycles. The molecule has 2 N–H and O–H groups in total. The van der Waals surface area contributed by atoms with Crippen LogP contribution >= 0.6 is 12.6 Å². The number of benzene rings is 2. The molecule has 2 rings (SSSR count).